The Morgan fingerprint density at radius 2 is 1.29 bits per heavy atom. The van der Waals surface area contributed by atoms with Gasteiger partial charge in [-0.05, 0) is 13.8 Å². The van der Waals surface area contributed by atoms with E-state index in [-0.39, 0.29) is 0 Å². The summed E-state index contributed by atoms with van der Waals surface area (Å²) in [5.74, 6) is 2.31. The van der Waals surface area contributed by atoms with E-state index in [1.807, 2.05) is 23.5 Å². The van der Waals surface area contributed by atoms with Gasteiger partial charge in [-0.3, -0.25) is 0 Å². The summed E-state index contributed by atoms with van der Waals surface area (Å²) >= 11 is 8.36. The third-order valence-electron chi connectivity index (χ3n) is 1.60. The summed E-state index contributed by atoms with van der Waals surface area (Å²) in [5.41, 5.74) is 0.865. The lowest BCUT2D eigenvalue weighted by Gasteiger charge is -1.98. The first-order valence-electron chi connectivity index (χ1n) is 4.40. The molecule has 2 aliphatic rings. The quantitative estimate of drug-likeness (QED) is 0.406. The predicted molar refractivity (Wildman–Crippen MR) is 81.6 cm³/mol. The number of hydrogen-bond donors (Lipinski definition) is 0. The van der Waals surface area contributed by atoms with Crippen molar-refractivity contribution >= 4 is 68.7 Å². The molecule has 0 aromatic carbocycles. The molecule has 0 spiro atoms. The van der Waals surface area contributed by atoms with E-state index in [4.69, 9.17) is 9.47 Å². The van der Waals surface area contributed by atoms with Gasteiger partial charge in [-0.2, -0.15) is 0 Å². The van der Waals surface area contributed by atoms with E-state index < -0.39 is 0 Å². The van der Waals surface area contributed by atoms with E-state index in [0.29, 0.717) is 19.1 Å². The fourth-order valence-corrected chi connectivity index (χ4v) is 4.95. The van der Waals surface area contributed by atoms with Crippen LogP contribution in [0.4, 0.5) is 0 Å². The van der Waals surface area contributed by atoms with Gasteiger partial charge < -0.3 is 9.47 Å². The second-order valence-electron chi connectivity index (χ2n) is 2.89. The maximum Gasteiger partial charge on any atom is 0.119 e. The number of ether oxygens (including phenoxy) is 2. The zero-order chi connectivity index (χ0) is 10.6. The largest absolute Gasteiger partial charge is 0.353 e. The molecule has 0 aliphatic carbocycles. The van der Waals surface area contributed by atoms with Gasteiger partial charge in [0.25, 0.3) is 0 Å². The van der Waals surface area contributed by atoms with Crippen molar-refractivity contribution in [2.45, 2.75) is 32.9 Å². The molecule has 4 atom stereocenters. The van der Waals surface area contributed by atoms with Crippen LogP contribution in [0.15, 0.2) is 0 Å². The van der Waals surface area contributed by atoms with Crippen molar-refractivity contribution in [3.8, 4) is 0 Å². The molecule has 0 N–H and O–H groups in total. The van der Waals surface area contributed by atoms with Crippen LogP contribution in [-0.2, 0) is 9.47 Å². The van der Waals surface area contributed by atoms with Crippen LogP contribution in [0.3, 0.4) is 0 Å². The smallest absolute Gasteiger partial charge is 0.119 e. The van der Waals surface area contributed by atoms with E-state index in [0.717, 1.165) is 11.5 Å². The molecule has 2 aliphatic heterocycles. The molecule has 0 unspecified atom stereocenters. The molecule has 0 amide bonds. The Labute approximate surface area is 121 Å². The van der Waals surface area contributed by atoms with Gasteiger partial charge in [0.1, 0.15) is 19.1 Å². The molecule has 2 nitrogen and oxygen atoms in total. The third-order valence-corrected chi connectivity index (χ3v) is 6.42. The first-order chi connectivity index (χ1) is 6.58. The first-order valence-corrected chi connectivity index (χ1v) is 8.99. The van der Waals surface area contributed by atoms with Gasteiger partial charge in [0, 0.05) is 11.5 Å². The fourth-order valence-electron chi connectivity index (χ4n) is 0.995. The minimum absolute atomic E-state index is 0.432. The number of hydrogen-bond acceptors (Lipinski definition) is 4. The van der Waals surface area contributed by atoms with Gasteiger partial charge in [-0.25, -0.2) is 0 Å². The topological polar surface area (TPSA) is 18.5 Å². The van der Waals surface area contributed by atoms with E-state index in [1.54, 1.807) is 0 Å². The molecule has 0 aromatic rings. The molecular formula is C8H14I2O2S2. The van der Waals surface area contributed by atoms with Crippen molar-refractivity contribution in [1.29, 1.82) is 0 Å². The van der Waals surface area contributed by atoms with Crippen LogP contribution in [0.25, 0.3) is 0 Å². The molecule has 2 rings (SSSR count). The van der Waals surface area contributed by atoms with Crippen molar-refractivity contribution in [3.05, 3.63) is 0 Å². The van der Waals surface area contributed by atoms with Crippen LogP contribution in [-0.4, -0.2) is 30.6 Å². The van der Waals surface area contributed by atoms with Gasteiger partial charge in [0.05, 0.1) is 0 Å². The Hall–Kier alpha value is 2.08. The molecule has 0 radical (unpaired) electrons. The second kappa shape index (κ2) is 7.41. The van der Waals surface area contributed by atoms with Gasteiger partial charge in [0.15, 0.2) is 0 Å². The van der Waals surface area contributed by atoms with Gasteiger partial charge in [-0.15, -0.1) is 23.5 Å². The first kappa shape index (κ1) is 14.1. The Morgan fingerprint density at radius 3 is 1.36 bits per heavy atom. The van der Waals surface area contributed by atoms with Crippen LogP contribution >= 0.6 is 68.7 Å². The minimum atomic E-state index is 0.432. The number of halogens is 2. The van der Waals surface area contributed by atoms with Crippen LogP contribution in [0.5, 0.6) is 0 Å². The molecule has 6 heteroatoms. The molecule has 84 valence electrons. The van der Waals surface area contributed by atoms with E-state index >= 15 is 0 Å². The van der Waals surface area contributed by atoms with Crippen molar-refractivity contribution in [2.75, 3.05) is 11.5 Å². The molecular weight excluding hydrogens is 446 g/mol. The average molecular weight is 460 g/mol. The van der Waals surface area contributed by atoms with E-state index in [1.165, 1.54) is 0 Å². The summed E-state index contributed by atoms with van der Waals surface area (Å²) < 4.78 is 11.5. The molecule has 14 heavy (non-hydrogen) atoms. The molecule has 0 bridgehead atoms. The van der Waals surface area contributed by atoms with Gasteiger partial charge in [-0.1, -0.05) is 45.2 Å². The van der Waals surface area contributed by atoms with Crippen molar-refractivity contribution in [1.82, 2.24) is 0 Å². The Morgan fingerprint density at radius 1 is 0.929 bits per heavy atom. The monoisotopic (exact) mass is 460 g/mol. The summed E-state index contributed by atoms with van der Waals surface area (Å²) in [7, 11) is 0. The highest BCUT2D eigenvalue weighted by Gasteiger charge is 2.18. The summed E-state index contributed by atoms with van der Waals surface area (Å²) in [4.78, 5) is 0. The molecule has 2 fully saturated rings. The molecule has 2 saturated heterocycles. The fraction of sp³-hybridized carbons (Fsp3) is 1.00. The van der Waals surface area contributed by atoms with Crippen LogP contribution in [0.1, 0.15) is 13.8 Å². The Kier molecular flexibility index (Phi) is 7.49. The highest BCUT2D eigenvalue weighted by molar-refractivity contribution is 14.1. The third kappa shape index (κ3) is 5.97. The minimum Gasteiger partial charge on any atom is -0.353 e. The highest BCUT2D eigenvalue weighted by atomic mass is 127. The van der Waals surface area contributed by atoms with E-state index in [9.17, 15) is 0 Å². The predicted octanol–water partition coefficient (Wildman–Crippen LogP) is 3.71. The van der Waals surface area contributed by atoms with Crippen molar-refractivity contribution < 1.29 is 9.47 Å². The number of rotatable bonds is 0. The average Bonchev–Trinajstić information content (AvgIpc) is 2.63. The Balaban J connectivity index is 0.000000140. The highest BCUT2D eigenvalue weighted by Crippen LogP contribution is 2.28. The molecule has 0 saturated carbocycles. The van der Waals surface area contributed by atoms with Crippen molar-refractivity contribution in [3.63, 3.8) is 0 Å². The van der Waals surface area contributed by atoms with Gasteiger partial charge >= 0.3 is 0 Å². The normalized spacial score (nSPS) is 42.0. The second-order valence-corrected chi connectivity index (χ2v) is 8.33. The maximum absolute atomic E-state index is 5.31. The summed E-state index contributed by atoms with van der Waals surface area (Å²) in [5, 5.41) is 0. The van der Waals surface area contributed by atoms with E-state index in [2.05, 4.69) is 59.0 Å². The summed E-state index contributed by atoms with van der Waals surface area (Å²) in [6.07, 6.45) is 0. The maximum atomic E-state index is 5.31. The van der Waals surface area contributed by atoms with Crippen LogP contribution in [0, 0.1) is 0 Å². The Bertz CT molecular complexity index is 139. The lowest BCUT2D eigenvalue weighted by atomic mass is 10.8. The van der Waals surface area contributed by atoms with Crippen LogP contribution < -0.4 is 0 Å². The molecule has 2 heterocycles. The van der Waals surface area contributed by atoms with Crippen molar-refractivity contribution in [2.24, 2.45) is 0 Å². The van der Waals surface area contributed by atoms with Gasteiger partial charge in [0.2, 0.25) is 0 Å². The summed E-state index contributed by atoms with van der Waals surface area (Å²) in [6.45, 7) is 4.17. The lowest BCUT2D eigenvalue weighted by molar-refractivity contribution is 0.143. The SMILES string of the molecule is C[C@H]1O[C@@H](I)CS1.C[C@H]1O[C@H](I)CS1. The summed E-state index contributed by atoms with van der Waals surface area (Å²) in [6, 6.07) is 0. The standard InChI is InChI=1S/2C4H7IOS/c2*1-3-6-4(5)2-7-3/h2*3-4H,2H2,1H3/t3-,4+;3-,4-/m00/s1. The zero-order valence-electron chi connectivity index (χ0n) is 8.11. The van der Waals surface area contributed by atoms with Crippen LogP contribution in [0.2, 0.25) is 0 Å². The lowest BCUT2D eigenvalue weighted by Crippen LogP contribution is -1.99. The number of thioether (sulfide) groups is 2. The number of alkyl halides is 2. The zero-order valence-corrected chi connectivity index (χ0v) is 14.1. The molecule has 0 aromatic heterocycles.